The molecule has 0 unspecified atom stereocenters. The molecule has 0 aliphatic heterocycles. The molecule has 5 heteroatoms. The van der Waals surface area contributed by atoms with Gasteiger partial charge in [0.05, 0.1) is 6.20 Å². The Morgan fingerprint density at radius 1 is 1.55 bits per heavy atom. The fourth-order valence-corrected chi connectivity index (χ4v) is 0.796. The molecule has 11 heavy (non-hydrogen) atoms. The first-order chi connectivity index (χ1) is 5.40. The van der Waals surface area contributed by atoms with Gasteiger partial charge in [-0.3, -0.25) is 0 Å². The molecule has 1 N–H and O–H groups in total. The maximum absolute atomic E-state index is 5.17. The molecule has 0 amide bonds. The minimum atomic E-state index is 0.459. The summed E-state index contributed by atoms with van der Waals surface area (Å²) in [6, 6.07) is 0.459. The Morgan fingerprint density at radius 3 is 3.18 bits per heavy atom. The summed E-state index contributed by atoms with van der Waals surface area (Å²) in [4.78, 5) is 11.7. The molecule has 0 saturated heterocycles. The van der Waals surface area contributed by atoms with E-state index in [1.54, 1.807) is 13.2 Å². The largest absolute Gasteiger partial charge is 0.420 e. The van der Waals surface area contributed by atoms with Crippen molar-refractivity contribution >= 4 is 17.2 Å². The van der Waals surface area contributed by atoms with E-state index in [1.807, 2.05) is 0 Å². The third-order valence-corrected chi connectivity index (χ3v) is 1.29. The number of fused-ring (bicyclic) bond motifs is 1. The SMILES string of the molecule is CNc1nc2ncncc2o1. The van der Waals surface area contributed by atoms with Gasteiger partial charge in [-0.1, -0.05) is 0 Å². The summed E-state index contributed by atoms with van der Waals surface area (Å²) >= 11 is 0. The summed E-state index contributed by atoms with van der Waals surface area (Å²) in [6.45, 7) is 0. The molecule has 56 valence electrons. The van der Waals surface area contributed by atoms with Crippen molar-refractivity contribution in [3.63, 3.8) is 0 Å². The summed E-state index contributed by atoms with van der Waals surface area (Å²) in [5.41, 5.74) is 1.17. The van der Waals surface area contributed by atoms with E-state index in [4.69, 9.17) is 4.42 Å². The zero-order chi connectivity index (χ0) is 7.68. The molecule has 2 heterocycles. The topological polar surface area (TPSA) is 63.8 Å². The van der Waals surface area contributed by atoms with Crippen molar-refractivity contribution in [2.45, 2.75) is 0 Å². The minimum absolute atomic E-state index is 0.459. The van der Waals surface area contributed by atoms with Gasteiger partial charge in [0.1, 0.15) is 6.33 Å². The molecule has 0 fully saturated rings. The van der Waals surface area contributed by atoms with Crippen LogP contribution in [0.3, 0.4) is 0 Å². The molecule has 0 aromatic carbocycles. The molecule has 2 rings (SSSR count). The van der Waals surface area contributed by atoms with Crippen LogP contribution < -0.4 is 5.32 Å². The molecule has 0 bridgehead atoms. The van der Waals surface area contributed by atoms with E-state index in [2.05, 4.69) is 20.3 Å². The highest BCUT2D eigenvalue weighted by Gasteiger charge is 2.02. The Bertz CT molecular complexity index is 336. The predicted molar refractivity (Wildman–Crippen MR) is 39.1 cm³/mol. The Labute approximate surface area is 62.5 Å². The van der Waals surface area contributed by atoms with E-state index in [9.17, 15) is 0 Å². The van der Waals surface area contributed by atoms with Gasteiger partial charge in [-0.25, -0.2) is 9.97 Å². The number of nitrogens with zero attached hydrogens (tertiary/aromatic N) is 3. The molecule has 5 nitrogen and oxygen atoms in total. The van der Waals surface area contributed by atoms with Crippen molar-refractivity contribution in [2.75, 3.05) is 12.4 Å². The quantitative estimate of drug-likeness (QED) is 0.646. The molecular weight excluding hydrogens is 144 g/mol. The summed E-state index contributed by atoms with van der Waals surface area (Å²) in [5.74, 6) is 0. The minimum Gasteiger partial charge on any atom is -0.420 e. The summed E-state index contributed by atoms with van der Waals surface area (Å²) in [5, 5.41) is 2.77. The zero-order valence-corrected chi connectivity index (χ0v) is 5.90. The van der Waals surface area contributed by atoms with Crippen LogP contribution in [-0.4, -0.2) is 22.0 Å². The van der Waals surface area contributed by atoms with Gasteiger partial charge < -0.3 is 9.73 Å². The van der Waals surface area contributed by atoms with Crippen LogP contribution in [0.1, 0.15) is 0 Å². The highest BCUT2D eigenvalue weighted by Crippen LogP contribution is 2.13. The highest BCUT2D eigenvalue weighted by atomic mass is 16.4. The van der Waals surface area contributed by atoms with Crippen LogP contribution in [0.4, 0.5) is 6.01 Å². The summed E-state index contributed by atoms with van der Waals surface area (Å²) in [7, 11) is 1.73. The van der Waals surface area contributed by atoms with E-state index in [1.165, 1.54) is 6.33 Å². The molecule has 0 radical (unpaired) electrons. The molecule has 2 aromatic rings. The van der Waals surface area contributed by atoms with E-state index in [0.717, 1.165) is 0 Å². The lowest BCUT2D eigenvalue weighted by molar-refractivity contribution is 0.618. The van der Waals surface area contributed by atoms with Gasteiger partial charge in [-0.15, -0.1) is 0 Å². The molecule has 2 aromatic heterocycles. The normalized spacial score (nSPS) is 10.3. The maximum Gasteiger partial charge on any atom is 0.297 e. The second-order valence-electron chi connectivity index (χ2n) is 1.98. The van der Waals surface area contributed by atoms with Crippen molar-refractivity contribution < 1.29 is 4.42 Å². The third kappa shape index (κ3) is 0.899. The van der Waals surface area contributed by atoms with Crippen molar-refractivity contribution in [1.29, 1.82) is 0 Å². The zero-order valence-electron chi connectivity index (χ0n) is 5.90. The van der Waals surface area contributed by atoms with Crippen LogP contribution in [0.5, 0.6) is 0 Å². The van der Waals surface area contributed by atoms with Gasteiger partial charge >= 0.3 is 0 Å². The van der Waals surface area contributed by atoms with Crippen LogP contribution in [0.2, 0.25) is 0 Å². The fraction of sp³-hybridized carbons (Fsp3) is 0.167. The van der Waals surface area contributed by atoms with Gasteiger partial charge in [0.2, 0.25) is 5.65 Å². The Kier molecular flexibility index (Phi) is 1.21. The van der Waals surface area contributed by atoms with Crippen LogP contribution in [-0.2, 0) is 0 Å². The lowest BCUT2D eigenvalue weighted by Gasteiger charge is -1.83. The second kappa shape index (κ2) is 2.19. The van der Waals surface area contributed by atoms with E-state index in [0.29, 0.717) is 17.2 Å². The standard InChI is InChI=1S/C6H6N4O/c1-7-6-10-5-4(11-6)2-8-3-9-5/h2-3H,1H3,(H,7,8,9,10). The summed E-state index contributed by atoms with van der Waals surface area (Å²) < 4.78 is 5.17. The monoisotopic (exact) mass is 150 g/mol. The van der Waals surface area contributed by atoms with Crippen LogP contribution >= 0.6 is 0 Å². The van der Waals surface area contributed by atoms with E-state index in [-0.39, 0.29) is 0 Å². The van der Waals surface area contributed by atoms with E-state index >= 15 is 0 Å². The average Bonchev–Trinajstić information content (AvgIpc) is 2.46. The van der Waals surface area contributed by atoms with Gasteiger partial charge in [0.25, 0.3) is 6.01 Å². The number of hydrogen-bond donors (Lipinski definition) is 1. The number of aromatic nitrogens is 3. The molecule has 0 aliphatic carbocycles. The smallest absolute Gasteiger partial charge is 0.297 e. The lowest BCUT2D eigenvalue weighted by atomic mass is 10.6. The molecular formula is C6H6N4O. The maximum atomic E-state index is 5.17. The van der Waals surface area contributed by atoms with Crippen LogP contribution in [0, 0.1) is 0 Å². The highest BCUT2D eigenvalue weighted by molar-refractivity contribution is 5.67. The molecule has 0 atom stereocenters. The fourth-order valence-electron chi connectivity index (χ4n) is 0.796. The molecule has 0 saturated carbocycles. The van der Waals surface area contributed by atoms with Crippen LogP contribution in [0.25, 0.3) is 11.2 Å². The van der Waals surface area contributed by atoms with Crippen molar-refractivity contribution in [1.82, 2.24) is 15.0 Å². The molecule has 0 spiro atoms. The number of hydrogen-bond acceptors (Lipinski definition) is 5. The van der Waals surface area contributed by atoms with Crippen molar-refractivity contribution in [3.05, 3.63) is 12.5 Å². The lowest BCUT2D eigenvalue weighted by Crippen LogP contribution is -1.85. The predicted octanol–water partition coefficient (Wildman–Crippen LogP) is 0.659. The third-order valence-electron chi connectivity index (χ3n) is 1.29. The van der Waals surface area contributed by atoms with Crippen LogP contribution in [0.15, 0.2) is 16.9 Å². The number of rotatable bonds is 1. The Balaban J connectivity index is 2.69. The summed E-state index contributed by atoms with van der Waals surface area (Å²) in [6.07, 6.45) is 3.01. The van der Waals surface area contributed by atoms with Gasteiger partial charge in [-0.2, -0.15) is 4.98 Å². The molecule has 0 aliphatic rings. The van der Waals surface area contributed by atoms with Gasteiger partial charge in [0, 0.05) is 7.05 Å². The first-order valence-corrected chi connectivity index (χ1v) is 3.14. The van der Waals surface area contributed by atoms with E-state index < -0.39 is 0 Å². The number of nitrogens with one attached hydrogen (secondary N) is 1. The van der Waals surface area contributed by atoms with Crippen molar-refractivity contribution in [3.8, 4) is 0 Å². The first-order valence-electron chi connectivity index (χ1n) is 3.14. The van der Waals surface area contributed by atoms with Crippen molar-refractivity contribution in [2.24, 2.45) is 0 Å². The van der Waals surface area contributed by atoms with Gasteiger partial charge in [-0.05, 0) is 0 Å². The number of oxazole rings is 1. The first kappa shape index (κ1) is 6.09. The second-order valence-corrected chi connectivity index (χ2v) is 1.98. The van der Waals surface area contributed by atoms with Gasteiger partial charge in [0.15, 0.2) is 5.58 Å². The Hall–Kier alpha value is -1.65. The Morgan fingerprint density at radius 2 is 2.45 bits per heavy atom. The number of anilines is 1. The average molecular weight is 150 g/mol.